The van der Waals surface area contributed by atoms with E-state index >= 15 is 0 Å². The second-order valence-electron chi connectivity index (χ2n) is 11.4. The first kappa shape index (κ1) is 30.4. The standard InChI is InChI=1S/C26H24F5N5O6S/c1-35-9-14(8-34-35)13-2-3-18(16(4-13)26(29,30)31)43(41,42)15-5-17(20(37)36-11-24(27,28)12-36)25(6-15,22(39)40)19-7-23(19,10-32)21(33)38/h2-4,8-9,15,17,19H,5-7,11-12H2,1H3,(H2,33,38)(H,39,40)/t15-,17+,19?,23?,25+/m1/s1. The van der Waals surface area contributed by atoms with Crippen molar-refractivity contribution in [2.45, 2.75) is 41.5 Å². The van der Waals surface area contributed by atoms with Crippen LogP contribution in [-0.4, -0.2) is 70.3 Å². The van der Waals surface area contributed by atoms with Gasteiger partial charge in [-0.15, -0.1) is 0 Å². The number of nitrogens with zero attached hydrogens (tertiary/aromatic N) is 4. The smallest absolute Gasteiger partial charge is 0.417 e. The number of rotatable bonds is 7. The number of carbonyl (C=O) groups excluding carboxylic acids is 2. The molecule has 0 radical (unpaired) electrons. The number of primary amides is 1. The molecule has 1 aromatic heterocycles. The monoisotopic (exact) mass is 629 g/mol. The van der Waals surface area contributed by atoms with Crippen molar-refractivity contribution in [3.05, 3.63) is 36.2 Å². The van der Waals surface area contributed by atoms with Crippen molar-refractivity contribution in [2.24, 2.45) is 35.4 Å². The van der Waals surface area contributed by atoms with E-state index in [0.717, 1.165) is 12.1 Å². The fourth-order valence-corrected chi connectivity index (χ4v) is 8.60. The first-order chi connectivity index (χ1) is 19.8. The number of nitriles is 1. The number of carboxylic acid groups (broad SMARTS) is 1. The lowest BCUT2D eigenvalue weighted by Crippen LogP contribution is -2.61. The Morgan fingerprint density at radius 1 is 1.16 bits per heavy atom. The number of likely N-dealkylation sites (tertiary alicyclic amines) is 1. The average Bonchev–Trinajstić information content (AvgIpc) is 3.27. The normalized spacial score (nSPS) is 29.9. The van der Waals surface area contributed by atoms with E-state index in [1.165, 1.54) is 24.1 Å². The van der Waals surface area contributed by atoms with Gasteiger partial charge in [0.25, 0.3) is 5.92 Å². The third-order valence-electron chi connectivity index (χ3n) is 8.83. The minimum atomic E-state index is -5.18. The molecule has 3 fully saturated rings. The lowest BCUT2D eigenvalue weighted by atomic mass is 9.70. The van der Waals surface area contributed by atoms with E-state index in [9.17, 15) is 55.1 Å². The Labute approximate surface area is 241 Å². The summed E-state index contributed by atoms with van der Waals surface area (Å²) in [6.45, 7) is -2.15. The van der Waals surface area contributed by atoms with Gasteiger partial charge in [0.2, 0.25) is 11.8 Å². The van der Waals surface area contributed by atoms with Gasteiger partial charge in [-0.1, -0.05) is 6.07 Å². The summed E-state index contributed by atoms with van der Waals surface area (Å²) in [4.78, 5) is 37.9. The van der Waals surface area contributed by atoms with E-state index in [2.05, 4.69) is 5.10 Å². The van der Waals surface area contributed by atoms with E-state index in [4.69, 9.17) is 5.73 Å². The van der Waals surface area contributed by atoms with Gasteiger partial charge < -0.3 is 15.7 Å². The number of sulfone groups is 1. The maximum Gasteiger partial charge on any atom is 0.417 e. The lowest BCUT2D eigenvalue weighted by molar-refractivity contribution is -0.177. The molecule has 230 valence electrons. The van der Waals surface area contributed by atoms with Crippen molar-refractivity contribution in [1.29, 1.82) is 5.26 Å². The van der Waals surface area contributed by atoms with Crippen LogP contribution in [0.3, 0.4) is 0 Å². The molecule has 2 aromatic rings. The molecule has 2 amide bonds. The Hall–Kier alpha value is -4.07. The molecule has 2 heterocycles. The molecular formula is C26H24F5N5O6S. The number of carbonyl (C=O) groups is 3. The molecule has 2 unspecified atom stereocenters. The van der Waals surface area contributed by atoms with E-state index in [0.29, 0.717) is 11.0 Å². The maximum absolute atomic E-state index is 14.3. The molecule has 1 aliphatic heterocycles. The highest BCUT2D eigenvalue weighted by Crippen LogP contribution is 2.68. The zero-order valence-corrected chi connectivity index (χ0v) is 23.1. The average molecular weight is 630 g/mol. The van der Waals surface area contributed by atoms with Crippen molar-refractivity contribution in [1.82, 2.24) is 14.7 Å². The zero-order chi connectivity index (χ0) is 31.9. The Balaban J connectivity index is 1.61. The Bertz CT molecular complexity index is 1690. The van der Waals surface area contributed by atoms with Crippen LogP contribution >= 0.6 is 0 Å². The number of aromatic nitrogens is 2. The Kier molecular flexibility index (Phi) is 6.69. The second-order valence-corrected chi connectivity index (χ2v) is 13.6. The molecule has 43 heavy (non-hydrogen) atoms. The SMILES string of the molecule is Cn1cc(-c2ccc(S(=O)(=O)[C@@H]3C[C@@H](C(=O)N4CC(F)(F)C4)[C@](C(=O)O)(C4CC4(C#N)C(N)=O)C3)c(C(F)(F)F)c2)cn1. The number of alkyl halides is 5. The maximum atomic E-state index is 14.3. The highest BCUT2D eigenvalue weighted by molar-refractivity contribution is 7.92. The molecule has 5 atom stereocenters. The highest BCUT2D eigenvalue weighted by Gasteiger charge is 2.76. The van der Waals surface area contributed by atoms with Gasteiger partial charge in [-0.25, -0.2) is 17.2 Å². The van der Waals surface area contributed by atoms with E-state index in [-0.39, 0.29) is 11.1 Å². The van der Waals surface area contributed by atoms with Crippen LogP contribution in [0, 0.1) is 34.0 Å². The van der Waals surface area contributed by atoms with Gasteiger partial charge in [-0.3, -0.25) is 19.1 Å². The number of hydrogen-bond acceptors (Lipinski definition) is 7. The lowest BCUT2D eigenvalue weighted by Gasteiger charge is -2.42. The van der Waals surface area contributed by atoms with Crippen LogP contribution in [0.2, 0.25) is 0 Å². The zero-order valence-electron chi connectivity index (χ0n) is 22.3. The molecule has 11 nitrogen and oxygen atoms in total. The molecule has 17 heteroatoms. The van der Waals surface area contributed by atoms with Crippen LogP contribution in [0.4, 0.5) is 22.0 Å². The summed E-state index contributed by atoms with van der Waals surface area (Å²) in [6.07, 6.45) is -4.74. The molecule has 3 aliphatic rings. The third kappa shape index (κ3) is 4.62. The van der Waals surface area contributed by atoms with Gasteiger partial charge in [-0.2, -0.15) is 23.5 Å². The number of amides is 2. The van der Waals surface area contributed by atoms with Crippen LogP contribution in [0.25, 0.3) is 11.1 Å². The van der Waals surface area contributed by atoms with Crippen molar-refractivity contribution < 1.29 is 49.9 Å². The van der Waals surface area contributed by atoms with E-state index < -0.39 is 110 Å². The summed E-state index contributed by atoms with van der Waals surface area (Å²) in [7, 11) is -3.52. The van der Waals surface area contributed by atoms with Crippen LogP contribution in [0.5, 0.6) is 0 Å². The molecule has 3 N–H and O–H groups in total. The van der Waals surface area contributed by atoms with Crippen LogP contribution in [0.15, 0.2) is 35.5 Å². The minimum absolute atomic E-state index is 0.00399. The van der Waals surface area contributed by atoms with Gasteiger partial charge in [0, 0.05) is 24.7 Å². The number of aliphatic carboxylic acids is 1. The summed E-state index contributed by atoms with van der Waals surface area (Å²) in [6, 6.07) is 4.11. The topological polar surface area (TPSA) is 176 Å². The summed E-state index contributed by atoms with van der Waals surface area (Å²) in [5, 5.41) is 22.1. The predicted octanol–water partition coefficient (Wildman–Crippen LogP) is 2.22. The summed E-state index contributed by atoms with van der Waals surface area (Å²) in [5.74, 6) is -10.8. The molecule has 1 saturated heterocycles. The first-order valence-electron chi connectivity index (χ1n) is 12.9. The van der Waals surface area contributed by atoms with Gasteiger partial charge in [0.1, 0.15) is 5.41 Å². The van der Waals surface area contributed by atoms with E-state index in [1.54, 1.807) is 6.07 Å². The first-order valence-corrected chi connectivity index (χ1v) is 14.4. The number of benzene rings is 1. The van der Waals surface area contributed by atoms with Gasteiger partial charge in [0.05, 0.1) is 52.4 Å². The quantitative estimate of drug-likeness (QED) is 0.438. The molecule has 5 rings (SSSR count). The molecule has 0 spiro atoms. The number of carboxylic acids is 1. The van der Waals surface area contributed by atoms with Crippen LogP contribution in [-0.2, 0) is 37.4 Å². The molecule has 2 aliphatic carbocycles. The third-order valence-corrected chi connectivity index (χ3v) is 11.0. The van der Waals surface area contributed by atoms with Gasteiger partial charge in [0.15, 0.2) is 9.84 Å². The number of aryl methyl sites for hydroxylation is 1. The molecule has 0 bridgehead atoms. The Morgan fingerprint density at radius 2 is 1.81 bits per heavy atom. The minimum Gasteiger partial charge on any atom is -0.481 e. The van der Waals surface area contributed by atoms with Gasteiger partial charge in [-0.05, 0) is 37.0 Å². The number of hydrogen-bond donors (Lipinski definition) is 2. The summed E-state index contributed by atoms with van der Waals surface area (Å²) in [5.41, 5.74) is -0.474. The molecule has 1 aromatic carbocycles. The van der Waals surface area contributed by atoms with Gasteiger partial charge >= 0.3 is 12.1 Å². The fourth-order valence-electron chi connectivity index (χ4n) is 6.56. The van der Waals surface area contributed by atoms with Crippen molar-refractivity contribution >= 4 is 27.6 Å². The number of nitrogens with two attached hydrogens (primary N) is 1. The van der Waals surface area contributed by atoms with Crippen molar-refractivity contribution in [2.75, 3.05) is 13.1 Å². The summed E-state index contributed by atoms with van der Waals surface area (Å²) >= 11 is 0. The Morgan fingerprint density at radius 3 is 2.28 bits per heavy atom. The van der Waals surface area contributed by atoms with E-state index in [1.807, 2.05) is 0 Å². The van der Waals surface area contributed by atoms with Crippen LogP contribution < -0.4 is 5.73 Å². The number of halogens is 5. The highest BCUT2D eigenvalue weighted by atomic mass is 32.2. The van der Waals surface area contributed by atoms with Crippen molar-refractivity contribution in [3.8, 4) is 17.2 Å². The predicted molar refractivity (Wildman–Crippen MR) is 134 cm³/mol. The molecular weight excluding hydrogens is 605 g/mol. The fraction of sp³-hybridized carbons (Fsp3) is 0.500. The van der Waals surface area contributed by atoms with Crippen molar-refractivity contribution in [3.63, 3.8) is 0 Å². The largest absolute Gasteiger partial charge is 0.481 e. The molecule has 2 saturated carbocycles. The summed E-state index contributed by atoms with van der Waals surface area (Å²) < 4.78 is 99.1. The van der Waals surface area contributed by atoms with Crippen LogP contribution in [0.1, 0.15) is 24.8 Å². The second kappa shape index (κ2) is 9.46.